The molecular formula is C29H23N3O2. The Bertz CT molecular complexity index is 1460. The average Bonchev–Trinajstić information content (AvgIpc) is 3.32. The van der Waals surface area contributed by atoms with Gasteiger partial charge in [0.1, 0.15) is 17.1 Å². The summed E-state index contributed by atoms with van der Waals surface area (Å²) in [5.74, 6) is 3.83. The molecule has 0 aliphatic heterocycles. The Morgan fingerprint density at radius 3 is 2.79 bits per heavy atom. The van der Waals surface area contributed by atoms with E-state index in [4.69, 9.17) is 11.2 Å². The first-order valence-corrected chi connectivity index (χ1v) is 11.1. The number of pyridine rings is 1. The number of para-hydroxylation sites is 2. The predicted octanol–water partition coefficient (Wildman–Crippen LogP) is 5.88. The highest BCUT2D eigenvalue weighted by molar-refractivity contribution is 6.01. The summed E-state index contributed by atoms with van der Waals surface area (Å²) in [7, 11) is 0. The van der Waals surface area contributed by atoms with Crippen LogP contribution in [0.25, 0.3) is 27.7 Å². The Labute approximate surface area is 198 Å². The molecule has 1 aliphatic carbocycles. The topological polar surface area (TPSA) is 67.0 Å². The minimum Gasteiger partial charge on any atom is -0.457 e. The van der Waals surface area contributed by atoms with E-state index in [0.29, 0.717) is 5.57 Å². The minimum atomic E-state index is -0.152. The van der Waals surface area contributed by atoms with Crippen molar-refractivity contribution < 1.29 is 9.53 Å². The van der Waals surface area contributed by atoms with Crippen molar-refractivity contribution in [2.75, 3.05) is 6.54 Å². The van der Waals surface area contributed by atoms with Crippen molar-refractivity contribution >= 4 is 22.5 Å². The van der Waals surface area contributed by atoms with Crippen LogP contribution in [0.5, 0.6) is 11.5 Å². The Kier molecular flexibility index (Phi) is 5.96. The van der Waals surface area contributed by atoms with Crippen LogP contribution in [0.4, 0.5) is 0 Å². The second kappa shape index (κ2) is 9.51. The molecule has 5 heteroatoms. The second-order valence-electron chi connectivity index (χ2n) is 7.99. The third kappa shape index (κ3) is 4.35. The maximum absolute atomic E-state index is 12.4. The number of carbonyl (C=O) groups excluding carboxylic acids is 1. The lowest BCUT2D eigenvalue weighted by molar-refractivity contribution is -0.116. The van der Waals surface area contributed by atoms with Crippen molar-refractivity contribution in [1.82, 2.24) is 15.3 Å². The zero-order chi connectivity index (χ0) is 23.3. The normalized spacial score (nSPS) is 13.0. The number of H-pyrrole nitrogens is 1. The Morgan fingerprint density at radius 1 is 1.12 bits per heavy atom. The van der Waals surface area contributed by atoms with Crippen molar-refractivity contribution in [3.8, 4) is 35.0 Å². The fourth-order valence-corrected chi connectivity index (χ4v) is 4.13. The monoisotopic (exact) mass is 445 g/mol. The standard InChI is InChI=1S/C29H23N3O2/c1-2-15-30-29(33)21-10-8-9-20(16-21)26-19-32-28-25(26)17-22(18-31-28)24-13-6-7-14-27(24)34-23-11-4-3-5-12-23/h1,3-7,10-14,16-19H,8-9,15H2,(H,30,33)(H,31,32). The van der Waals surface area contributed by atoms with Gasteiger partial charge in [-0.3, -0.25) is 4.79 Å². The van der Waals surface area contributed by atoms with Gasteiger partial charge in [0.15, 0.2) is 0 Å². The molecule has 166 valence electrons. The van der Waals surface area contributed by atoms with Crippen LogP contribution in [0.3, 0.4) is 0 Å². The Hall–Kier alpha value is -4.56. The van der Waals surface area contributed by atoms with Gasteiger partial charge < -0.3 is 15.0 Å². The van der Waals surface area contributed by atoms with Crippen LogP contribution in [0.15, 0.2) is 90.8 Å². The smallest absolute Gasteiger partial charge is 0.251 e. The van der Waals surface area contributed by atoms with Crippen molar-refractivity contribution in [2.45, 2.75) is 12.8 Å². The van der Waals surface area contributed by atoms with Crippen LogP contribution >= 0.6 is 0 Å². The molecule has 5 nitrogen and oxygen atoms in total. The van der Waals surface area contributed by atoms with E-state index >= 15 is 0 Å². The van der Waals surface area contributed by atoms with Gasteiger partial charge in [0.05, 0.1) is 6.54 Å². The van der Waals surface area contributed by atoms with Crippen LogP contribution in [0.2, 0.25) is 0 Å². The molecule has 0 radical (unpaired) electrons. The van der Waals surface area contributed by atoms with Crippen molar-refractivity contribution in [3.63, 3.8) is 0 Å². The lowest BCUT2D eigenvalue weighted by Gasteiger charge is -2.14. The van der Waals surface area contributed by atoms with Crippen molar-refractivity contribution in [2.24, 2.45) is 0 Å². The number of fused-ring (bicyclic) bond motifs is 1. The molecule has 5 rings (SSSR count). The van der Waals surface area contributed by atoms with Crippen molar-refractivity contribution in [1.29, 1.82) is 0 Å². The number of hydrogen-bond acceptors (Lipinski definition) is 3. The molecule has 0 fully saturated rings. The zero-order valence-corrected chi connectivity index (χ0v) is 18.5. The quantitative estimate of drug-likeness (QED) is 0.365. The van der Waals surface area contributed by atoms with Gasteiger partial charge in [-0.05, 0) is 48.8 Å². The highest BCUT2D eigenvalue weighted by atomic mass is 16.5. The maximum atomic E-state index is 12.4. The molecule has 1 aliphatic rings. The number of ether oxygens (including phenoxy) is 1. The summed E-state index contributed by atoms with van der Waals surface area (Å²) in [5.41, 5.74) is 5.48. The summed E-state index contributed by atoms with van der Waals surface area (Å²) >= 11 is 0. The summed E-state index contributed by atoms with van der Waals surface area (Å²) in [6, 6.07) is 19.8. The first-order valence-electron chi connectivity index (χ1n) is 11.1. The van der Waals surface area contributed by atoms with Gasteiger partial charge in [-0.1, -0.05) is 48.4 Å². The van der Waals surface area contributed by atoms with Gasteiger partial charge in [-0.2, -0.15) is 0 Å². The highest BCUT2D eigenvalue weighted by Gasteiger charge is 2.17. The van der Waals surface area contributed by atoms with Crippen LogP contribution in [-0.2, 0) is 4.79 Å². The molecule has 0 unspecified atom stereocenters. The van der Waals surface area contributed by atoms with Gasteiger partial charge in [0, 0.05) is 40.0 Å². The van der Waals surface area contributed by atoms with Crippen LogP contribution in [-0.4, -0.2) is 22.4 Å². The molecule has 1 amide bonds. The summed E-state index contributed by atoms with van der Waals surface area (Å²) in [4.78, 5) is 20.3. The van der Waals surface area contributed by atoms with Gasteiger partial charge in [-0.15, -0.1) is 6.42 Å². The molecule has 2 heterocycles. The largest absolute Gasteiger partial charge is 0.457 e. The fraction of sp³-hybridized carbons (Fsp3) is 0.103. The van der Waals surface area contributed by atoms with E-state index in [0.717, 1.165) is 57.6 Å². The third-order valence-corrected chi connectivity index (χ3v) is 5.77. The maximum Gasteiger partial charge on any atom is 0.251 e. The molecule has 4 aromatic rings. The molecule has 0 spiro atoms. The van der Waals surface area contributed by atoms with E-state index in [2.05, 4.69) is 27.3 Å². The van der Waals surface area contributed by atoms with Crippen LogP contribution in [0.1, 0.15) is 18.4 Å². The van der Waals surface area contributed by atoms with Gasteiger partial charge in [0.2, 0.25) is 0 Å². The molecule has 0 atom stereocenters. The van der Waals surface area contributed by atoms with Crippen molar-refractivity contribution in [3.05, 3.63) is 96.3 Å². The van der Waals surface area contributed by atoms with Crippen LogP contribution in [0, 0.1) is 12.3 Å². The molecule has 0 saturated heterocycles. The van der Waals surface area contributed by atoms with Gasteiger partial charge >= 0.3 is 0 Å². The number of benzene rings is 2. The van der Waals surface area contributed by atoms with E-state index in [1.807, 2.05) is 79.1 Å². The number of aromatic amines is 1. The molecule has 2 aromatic heterocycles. The fourth-order valence-electron chi connectivity index (χ4n) is 4.13. The van der Waals surface area contributed by atoms with Gasteiger partial charge in [0.25, 0.3) is 5.91 Å². The number of hydrogen-bond donors (Lipinski definition) is 2. The molecular weight excluding hydrogens is 422 g/mol. The lowest BCUT2D eigenvalue weighted by Crippen LogP contribution is -2.25. The first kappa shape index (κ1) is 21.3. The summed E-state index contributed by atoms with van der Waals surface area (Å²) in [5, 5.41) is 3.74. The predicted molar refractivity (Wildman–Crippen MR) is 135 cm³/mol. The molecule has 34 heavy (non-hydrogen) atoms. The summed E-state index contributed by atoms with van der Waals surface area (Å²) in [6.07, 6.45) is 14.6. The molecule has 2 aromatic carbocycles. The number of rotatable bonds is 6. The van der Waals surface area contributed by atoms with E-state index in [9.17, 15) is 4.79 Å². The number of allylic oxidation sites excluding steroid dienone is 2. The van der Waals surface area contributed by atoms with Crippen LogP contribution < -0.4 is 10.1 Å². The number of aromatic nitrogens is 2. The highest BCUT2D eigenvalue weighted by Crippen LogP contribution is 2.37. The second-order valence-corrected chi connectivity index (χ2v) is 7.99. The zero-order valence-electron chi connectivity index (χ0n) is 18.5. The first-order chi connectivity index (χ1) is 16.7. The van der Waals surface area contributed by atoms with E-state index in [-0.39, 0.29) is 12.5 Å². The number of nitrogens with one attached hydrogen (secondary N) is 2. The van der Waals surface area contributed by atoms with E-state index < -0.39 is 0 Å². The molecule has 0 bridgehead atoms. The third-order valence-electron chi connectivity index (χ3n) is 5.77. The number of nitrogens with zero attached hydrogens (tertiary/aromatic N) is 1. The number of amides is 1. The molecule has 0 saturated carbocycles. The summed E-state index contributed by atoms with van der Waals surface area (Å²) < 4.78 is 6.16. The molecule has 2 N–H and O–H groups in total. The van der Waals surface area contributed by atoms with E-state index in [1.54, 1.807) is 0 Å². The number of carbonyl (C=O) groups is 1. The van der Waals surface area contributed by atoms with E-state index in [1.165, 1.54) is 0 Å². The number of terminal acetylenes is 1. The van der Waals surface area contributed by atoms with Gasteiger partial charge in [-0.25, -0.2) is 4.98 Å². The Balaban J connectivity index is 1.51. The summed E-state index contributed by atoms with van der Waals surface area (Å²) in [6.45, 7) is 0.212. The SMILES string of the molecule is C#CCNC(=O)C1=CCCC(c2c[nH]c3ncc(-c4ccccc4Oc4ccccc4)cc23)=C1. The Morgan fingerprint density at radius 2 is 1.94 bits per heavy atom. The lowest BCUT2D eigenvalue weighted by atomic mass is 9.93. The average molecular weight is 446 g/mol. The minimum absolute atomic E-state index is 0.152.